The SMILES string of the molecule is C=CCC(C)(C)CC(=C)/C(C)=C\Nc1ccc(F)nc1. The third kappa shape index (κ3) is 5.39. The van der Waals surface area contributed by atoms with Crippen molar-refractivity contribution >= 4 is 5.69 Å². The van der Waals surface area contributed by atoms with E-state index in [1.54, 1.807) is 6.07 Å². The van der Waals surface area contributed by atoms with Crippen LogP contribution in [-0.4, -0.2) is 4.98 Å². The Morgan fingerprint density at radius 2 is 2.15 bits per heavy atom. The third-order valence-corrected chi connectivity index (χ3v) is 3.13. The molecule has 1 aromatic heterocycles. The fraction of sp³-hybridized carbons (Fsp3) is 0.353. The number of hydrogen-bond donors (Lipinski definition) is 1. The molecule has 0 atom stereocenters. The van der Waals surface area contributed by atoms with Gasteiger partial charge in [-0.15, -0.1) is 6.58 Å². The molecule has 0 amide bonds. The van der Waals surface area contributed by atoms with Crippen molar-refractivity contribution in [2.75, 3.05) is 5.32 Å². The summed E-state index contributed by atoms with van der Waals surface area (Å²) in [6.07, 6.45) is 7.14. The van der Waals surface area contributed by atoms with E-state index < -0.39 is 5.95 Å². The monoisotopic (exact) mass is 274 g/mol. The first-order valence-corrected chi connectivity index (χ1v) is 6.68. The molecule has 0 saturated carbocycles. The van der Waals surface area contributed by atoms with Crippen molar-refractivity contribution < 1.29 is 4.39 Å². The lowest BCUT2D eigenvalue weighted by Gasteiger charge is -2.24. The van der Waals surface area contributed by atoms with Gasteiger partial charge in [0.25, 0.3) is 0 Å². The van der Waals surface area contributed by atoms with Crippen LogP contribution in [0, 0.1) is 11.4 Å². The number of aromatic nitrogens is 1. The molecule has 0 unspecified atom stereocenters. The number of anilines is 1. The fourth-order valence-electron chi connectivity index (χ4n) is 1.93. The zero-order chi connectivity index (χ0) is 15.2. The summed E-state index contributed by atoms with van der Waals surface area (Å²) in [5.74, 6) is -0.480. The van der Waals surface area contributed by atoms with Crippen molar-refractivity contribution in [2.24, 2.45) is 5.41 Å². The van der Waals surface area contributed by atoms with Gasteiger partial charge in [0.05, 0.1) is 11.9 Å². The predicted molar refractivity (Wildman–Crippen MR) is 83.9 cm³/mol. The molecule has 1 heterocycles. The summed E-state index contributed by atoms with van der Waals surface area (Å²) in [6.45, 7) is 14.3. The molecule has 2 nitrogen and oxygen atoms in total. The lowest BCUT2D eigenvalue weighted by atomic mass is 9.81. The number of pyridine rings is 1. The summed E-state index contributed by atoms with van der Waals surface area (Å²) in [6, 6.07) is 2.98. The van der Waals surface area contributed by atoms with E-state index in [1.807, 2.05) is 19.2 Å². The minimum Gasteiger partial charge on any atom is -0.360 e. The minimum atomic E-state index is -0.480. The lowest BCUT2D eigenvalue weighted by Crippen LogP contribution is -2.11. The van der Waals surface area contributed by atoms with Crippen LogP contribution in [-0.2, 0) is 0 Å². The second-order valence-corrected chi connectivity index (χ2v) is 5.78. The van der Waals surface area contributed by atoms with E-state index in [1.165, 1.54) is 12.3 Å². The van der Waals surface area contributed by atoms with Crippen molar-refractivity contribution in [3.05, 3.63) is 60.9 Å². The minimum absolute atomic E-state index is 0.158. The number of hydrogen-bond acceptors (Lipinski definition) is 2. The summed E-state index contributed by atoms with van der Waals surface area (Å²) in [5, 5.41) is 3.10. The standard InChI is InChI=1S/C17H23FN2/c1-6-9-17(4,5)10-13(2)14(3)11-19-15-7-8-16(18)20-12-15/h6-8,11-12,19H,1-2,9-10H2,3-5H3/b14-11-. The number of nitrogens with zero attached hydrogens (tertiary/aromatic N) is 1. The summed E-state index contributed by atoms with van der Waals surface area (Å²) in [7, 11) is 0. The van der Waals surface area contributed by atoms with Crippen molar-refractivity contribution in [3.8, 4) is 0 Å². The Labute approximate surface area is 121 Å². The highest BCUT2D eigenvalue weighted by atomic mass is 19.1. The van der Waals surface area contributed by atoms with E-state index in [9.17, 15) is 4.39 Å². The molecule has 20 heavy (non-hydrogen) atoms. The van der Waals surface area contributed by atoms with Crippen LogP contribution in [0.4, 0.5) is 10.1 Å². The molecular weight excluding hydrogens is 251 g/mol. The Balaban J connectivity index is 2.62. The highest BCUT2D eigenvalue weighted by Gasteiger charge is 2.17. The number of nitrogens with one attached hydrogen (secondary N) is 1. The molecule has 1 N–H and O–H groups in total. The Morgan fingerprint density at radius 1 is 1.45 bits per heavy atom. The summed E-state index contributed by atoms with van der Waals surface area (Å²) >= 11 is 0. The zero-order valence-electron chi connectivity index (χ0n) is 12.5. The van der Waals surface area contributed by atoms with Gasteiger partial charge in [-0.2, -0.15) is 4.39 Å². The van der Waals surface area contributed by atoms with Crippen LogP contribution in [0.3, 0.4) is 0 Å². The van der Waals surface area contributed by atoms with Crippen LogP contribution in [0.15, 0.2) is 54.9 Å². The van der Waals surface area contributed by atoms with Gasteiger partial charge < -0.3 is 5.32 Å². The van der Waals surface area contributed by atoms with Crippen molar-refractivity contribution in [2.45, 2.75) is 33.6 Å². The second-order valence-electron chi connectivity index (χ2n) is 5.78. The van der Waals surface area contributed by atoms with Gasteiger partial charge in [0.2, 0.25) is 5.95 Å². The molecule has 0 aliphatic carbocycles. The van der Waals surface area contributed by atoms with Gasteiger partial charge in [0, 0.05) is 6.20 Å². The summed E-state index contributed by atoms with van der Waals surface area (Å²) < 4.78 is 12.7. The maximum absolute atomic E-state index is 12.7. The van der Waals surface area contributed by atoms with Gasteiger partial charge in [-0.3, -0.25) is 0 Å². The van der Waals surface area contributed by atoms with E-state index >= 15 is 0 Å². The molecule has 0 aliphatic rings. The van der Waals surface area contributed by atoms with Crippen LogP contribution < -0.4 is 5.32 Å². The molecular formula is C17H23FN2. The van der Waals surface area contributed by atoms with Gasteiger partial charge in [0.15, 0.2) is 0 Å². The van der Waals surface area contributed by atoms with Crippen LogP contribution in [0.1, 0.15) is 33.6 Å². The Bertz CT molecular complexity index is 498. The van der Waals surface area contributed by atoms with E-state index in [2.05, 4.69) is 37.3 Å². The molecule has 0 aromatic carbocycles. The maximum Gasteiger partial charge on any atom is 0.212 e. The molecule has 0 aliphatic heterocycles. The molecule has 1 rings (SSSR count). The van der Waals surface area contributed by atoms with Crippen molar-refractivity contribution in [1.82, 2.24) is 4.98 Å². The molecule has 108 valence electrons. The van der Waals surface area contributed by atoms with E-state index in [0.717, 1.165) is 29.7 Å². The molecule has 0 saturated heterocycles. The topological polar surface area (TPSA) is 24.9 Å². The molecule has 0 fully saturated rings. The predicted octanol–water partition coefficient (Wildman–Crippen LogP) is 5.09. The number of allylic oxidation sites excluding steroid dienone is 3. The third-order valence-electron chi connectivity index (χ3n) is 3.13. The largest absolute Gasteiger partial charge is 0.360 e. The summed E-state index contributed by atoms with van der Waals surface area (Å²) in [4.78, 5) is 3.59. The maximum atomic E-state index is 12.7. The second kappa shape index (κ2) is 7.04. The lowest BCUT2D eigenvalue weighted by molar-refractivity contribution is 0.370. The molecule has 1 aromatic rings. The first kappa shape index (κ1) is 16.2. The molecule has 3 heteroatoms. The van der Waals surface area contributed by atoms with Gasteiger partial charge in [-0.25, -0.2) is 4.98 Å². The van der Waals surface area contributed by atoms with E-state index in [-0.39, 0.29) is 5.41 Å². The number of rotatable bonds is 7. The first-order chi connectivity index (χ1) is 9.34. The fourth-order valence-corrected chi connectivity index (χ4v) is 1.93. The normalized spacial score (nSPS) is 12.1. The average molecular weight is 274 g/mol. The molecule has 0 bridgehead atoms. The van der Waals surface area contributed by atoms with Crippen LogP contribution in [0.25, 0.3) is 0 Å². The molecule has 0 spiro atoms. The van der Waals surface area contributed by atoms with Gasteiger partial charge in [-0.05, 0) is 42.9 Å². The average Bonchev–Trinajstić information content (AvgIpc) is 2.37. The Hall–Kier alpha value is -1.90. The smallest absolute Gasteiger partial charge is 0.212 e. The highest BCUT2D eigenvalue weighted by Crippen LogP contribution is 2.31. The van der Waals surface area contributed by atoms with Crippen molar-refractivity contribution in [1.29, 1.82) is 0 Å². The van der Waals surface area contributed by atoms with Crippen LogP contribution in [0.5, 0.6) is 0 Å². The van der Waals surface area contributed by atoms with Gasteiger partial charge in [-0.1, -0.05) is 32.1 Å². The summed E-state index contributed by atoms with van der Waals surface area (Å²) in [5.41, 5.74) is 3.07. The van der Waals surface area contributed by atoms with Crippen LogP contribution >= 0.6 is 0 Å². The van der Waals surface area contributed by atoms with Gasteiger partial charge in [0.1, 0.15) is 0 Å². The Kier molecular flexibility index (Phi) is 5.68. The van der Waals surface area contributed by atoms with Gasteiger partial charge >= 0.3 is 0 Å². The molecule has 0 radical (unpaired) electrons. The highest BCUT2D eigenvalue weighted by molar-refractivity contribution is 5.45. The first-order valence-electron chi connectivity index (χ1n) is 6.68. The zero-order valence-corrected chi connectivity index (χ0v) is 12.5. The van der Waals surface area contributed by atoms with Crippen LogP contribution in [0.2, 0.25) is 0 Å². The van der Waals surface area contributed by atoms with E-state index in [4.69, 9.17) is 0 Å². The number of halogens is 1. The Morgan fingerprint density at radius 3 is 2.70 bits per heavy atom. The quantitative estimate of drug-likeness (QED) is 0.426. The van der Waals surface area contributed by atoms with Crippen molar-refractivity contribution in [3.63, 3.8) is 0 Å². The van der Waals surface area contributed by atoms with E-state index in [0.29, 0.717) is 0 Å².